The van der Waals surface area contributed by atoms with E-state index in [4.69, 9.17) is 9.47 Å². The van der Waals surface area contributed by atoms with Crippen LogP contribution < -0.4 is 5.32 Å². The van der Waals surface area contributed by atoms with Crippen molar-refractivity contribution in [1.29, 1.82) is 0 Å². The summed E-state index contributed by atoms with van der Waals surface area (Å²) in [6, 6.07) is 14.0. The number of aliphatic carboxylic acids is 1. The smallest absolute Gasteiger partial charge is 0.407 e. The largest absolute Gasteiger partial charge is 0.480 e. The lowest BCUT2D eigenvalue weighted by molar-refractivity contribution is -0.150. The Kier molecular flexibility index (Phi) is 8.45. The van der Waals surface area contributed by atoms with Gasteiger partial charge in [0.15, 0.2) is 0 Å². The molecule has 4 bridgehead atoms. The molecule has 8 heteroatoms. The number of nitrogens with zero attached hydrogens (tertiary/aromatic N) is 1. The molecule has 0 aromatic heterocycles. The van der Waals surface area contributed by atoms with Crippen LogP contribution in [0.15, 0.2) is 54.6 Å². The van der Waals surface area contributed by atoms with Gasteiger partial charge in [-0.1, -0.05) is 81.5 Å². The third kappa shape index (κ3) is 6.17. The molecule has 3 atom stereocenters. The molecule has 3 aliphatic heterocycles. The molecule has 8 nitrogen and oxygen atoms in total. The van der Waals surface area contributed by atoms with Crippen LogP contribution >= 0.6 is 0 Å². The number of ether oxygens (including phenoxy) is 2. The molecule has 1 saturated heterocycles. The summed E-state index contributed by atoms with van der Waals surface area (Å²) in [6.07, 6.45) is 5.99. The third-order valence-corrected chi connectivity index (χ3v) is 7.64. The molecular weight excluding hydrogens is 496 g/mol. The summed E-state index contributed by atoms with van der Waals surface area (Å²) >= 11 is 0. The van der Waals surface area contributed by atoms with Gasteiger partial charge in [-0.05, 0) is 46.9 Å². The van der Waals surface area contributed by atoms with Crippen LogP contribution in [0, 0.1) is 5.41 Å². The number of carbonyl (C=O) groups is 3. The first kappa shape index (κ1) is 28.4. The topological polar surface area (TPSA) is 105 Å². The predicted molar refractivity (Wildman–Crippen MR) is 149 cm³/mol. The molecule has 3 aliphatic rings. The Balaban J connectivity index is 1.77. The maximum absolute atomic E-state index is 13.9. The van der Waals surface area contributed by atoms with E-state index >= 15 is 0 Å². The molecule has 0 aliphatic carbocycles. The van der Waals surface area contributed by atoms with Gasteiger partial charge < -0.3 is 24.8 Å². The van der Waals surface area contributed by atoms with Crippen LogP contribution in [0.5, 0.6) is 0 Å². The van der Waals surface area contributed by atoms with Gasteiger partial charge >= 0.3 is 12.1 Å². The standard InChI is InChI=1S/C31H38N2O6/c1-30(2,3)26-27(34)33-20-31(38-4,19-25(33)28(35)36)23-16-14-22(15-17-23)24-13-9-8-12-21(24)11-7-5-6-10-18-39-29(37)32-26/h7-9,11-17,25-26H,5-6,10,18-20H2,1-4H3,(H,32,37)(H,35,36)/t25-,26+,31-/m0/s1. The molecule has 5 rings (SSSR count). The average molecular weight is 535 g/mol. The highest BCUT2D eigenvalue weighted by atomic mass is 16.5. The monoisotopic (exact) mass is 534 g/mol. The van der Waals surface area contributed by atoms with Gasteiger partial charge in [-0.25, -0.2) is 9.59 Å². The Hall–Kier alpha value is -3.65. The van der Waals surface area contributed by atoms with Gasteiger partial charge in [0, 0.05) is 13.5 Å². The van der Waals surface area contributed by atoms with Crippen molar-refractivity contribution in [2.75, 3.05) is 20.3 Å². The van der Waals surface area contributed by atoms with E-state index in [-0.39, 0.29) is 19.6 Å². The number of carbonyl (C=O) groups excluding carboxylic acids is 2. The summed E-state index contributed by atoms with van der Waals surface area (Å²) in [4.78, 5) is 40.2. The zero-order valence-electron chi connectivity index (χ0n) is 23.1. The van der Waals surface area contributed by atoms with Crippen LogP contribution in [0.3, 0.4) is 0 Å². The zero-order valence-corrected chi connectivity index (χ0v) is 23.1. The van der Waals surface area contributed by atoms with Gasteiger partial charge in [0.2, 0.25) is 5.91 Å². The molecule has 0 radical (unpaired) electrons. The average Bonchev–Trinajstić information content (AvgIpc) is 3.32. The summed E-state index contributed by atoms with van der Waals surface area (Å²) < 4.78 is 11.4. The van der Waals surface area contributed by atoms with E-state index in [9.17, 15) is 19.5 Å². The summed E-state index contributed by atoms with van der Waals surface area (Å²) in [5.41, 5.74) is 2.30. The van der Waals surface area contributed by atoms with Gasteiger partial charge in [-0.3, -0.25) is 4.79 Å². The molecule has 1 fully saturated rings. The Labute approximate surface area is 230 Å². The van der Waals surface area contributed by atoms with Crippen LogP contribution in [0.25, 0.3) is 17.2 Å². The van der Waals surface area contributed by atoms with E-state index in [0.717, 1.165) is 35.1 Å². The van der Waals surface area contributed by atoms with Crippen LogP contribution in [0.4, 0.5) is 4.79 Å². The molecular formula is C31H38N2O6. The van der Waals surface area contributed by atoms with Crippen molar-refractivity contribution in [3.05, 3.63) is 65.7 Å². The fraction of sp³-hybridized carbons (Fsp3) is 0.452. The Morgan fingerprint density at radius 3 is 2.49 bits per heavy atom. The van der Waals surface area contributed by atoms with Gasteiger partial charge in [0.1, 0.15) is 17.7 Å². The normalized spacial score (nSPS) is 24.6. The van der Waals surface area contributed by atoms with Crippen molar-refractivity contribution in [2.45, 2.75) is 64.1 Å². The fourth-order valence-corrected chi connectivity index (χ4v) is 5.37. The van der Waals surface area contributed by atoms with Crippen molar-refractivity contribution in [2.24, 2.45) is 5.41 Å². The maximum Gasteiger partial charge on any atom is 0.407 e. The number of methoxy groups -OCH3 is 1. The molecule has 0 unspecified atom stereocenters. The molecule has 3 heterocycles. The van der Waals surface area contributed by atoms with Crippen LogP contribution in [-0.4, -0.2) is 60.3 Å². The number of rotatable bonds is 2. The number of carboxylic acid groups (broad SMARTS) is 1. The Morgan fingerprint density at radius 1 is 1.10 bits per heavy atom. The van der Waals surface area contributed by atoms with Crippen LogP contribution in [0.1, 0.15) is 57.6 Å². The van der Waals surface area contributed by atoms with Crippen molar-refractivity contribution in [3.8, 4) is 11.1 Å². The lowest BCUT2D eigenvalue weighted by Crippen LogP contribution is -2.57. The van der Waals surface area contributed by atoms with Crippen molar-refractivity contribution < 1.29 is 29.0 Å². The highest BCUT2D eigenvalue weighted by molar-refractivity contribution is 5.90. The Bertz CT molecular complexity index is 1230. The first-order valence-electron chi connectivity index (χ1n) is 13.4. The van der Waals surface area contributed by atoms with Crippen LogP contribution in [-0.2, 0) is 24.7 Å². The van der Waals surface area contributed by atoms with Crippen molar-refractivity contribution in [3.63, 3.8) is 0 Å². The first-order chi connectivity index (χ1) is 18.6. The van der Waals surface area contributed by atoms with Gasteiger partial charge in [-0.15, -0.1) is 0 Å². The van der Waals surface area contributed by atoms with Gasteiger partial charge in [-0.2, -0.15) is 0 Å². The summed E-state index contributed by atoms with van der Waals surface area (Å²) in [5.74, 6) is -1.59. The number of carboxylic acids is 1. The fourth-order valence-electron chi connectivity index (χ4n) is 5.37. The number of hydrogen-bond acceptors (Lipinski definition) is 5. The summed E-state index contributed by atoms with van der Waals surface area (Å²) in [7, 11) is 1.54. The molecule has 208 valence electrons. The Morgan fingerprint density at radius 2 is 1.82 bits per heavy atom. The number of hydrogen-bond donors (Lipinski definition) is 2. The van der Waals surface area contributed by atoms with Crippen LogP contribution in [0.2, 0.25) is 0 Å². The van der Waals surface area contributed by atoms with Gasteiger partial charge in [0.05, 0.1) is 13.2 Å². The molecule has 2 aromatic carbocycles. The second-order valence-corrected chi connectivity index (χ2v) is 11.4. The van der Waals surface area contributed by atoms with E-state index in [1.54, 1.807) is 0 Å². The highest BCUT2D eigenvalue weighted by Crippen LogP contribution is 2.41. The summed E-state index contributed by atoms with van der Waals surface area (Å²) in [6.45, 7) is 5.74. The number of benzene rings is 2. The van der Waals surface area contributed by atoms with Gasteiger partial charge in [0.25, 0.3) is 0 Å². The first-order valence-corrected chi connectivity index (χ1v) is 13.4. The molecule has 0 saturated carbocycles. The molecule has 2 N–H and O–H groups in total. The number of nitrogens with one attached hydrogen (secondary N) is 1. The second kappa shape index (κ2) is 11.6. The lowest BCUT2D eigenvalue weighted by atomic mass is 9.85. The van der Waals surface area contributed by atoms with E-state index in [2.05, 4.69) is 29.6 Å². The molecule has 39 heavy (non-hydrogen) atoms. The predicted octanol–water partition coefficient (Wildman–Crippen LogP) is 5.22. The third-order valence-electron chi connectivity index (χ3n) is 7.64. The lowest BCUT2D eigenvalue weighted by Gasteiger charge is -2.35. The maximum atomic E-state index is 13.9. The number of alkyl carbamates (subject to hydrolysis) is 1. The van der Waals surface area contributed by atoms with Crippen molar-refractivity contribution in [1.82, 2.24) is 10.2 Å². The quantitative estimate of drug-likeness (QED) is 0.548. The minimum atomic E-state index is -1.12. The SMILES string of the molecule is CO[C@@]12C[C@@H](C(=O)O)N(C1)C(=O)[C@H](C(C)(C)C)NC(=O)OCCCCC=Cc1ccccc1-c1ccc2cc1. The molecule has 2 amide bonds. The number of allylic oxidation sites excluding steroid dienone is 1. The van der Waals surface area contributed by atoms with Crippen molar-refractivity contribution >= 4 is 24.0 Å². The molecule has 0 spiro atoms. The van der Waals surface area contributed by atoms with E-state index in [1.807, 2.05) is 57.2 Å². The van der Waals surface area contributed by atoms with E-state index in [1.165, 1.54) is 12.0 Å². The highest BCUT2D eigenvalue weighted by Gasteiger charge is 2.52. The second-order valence-electron chi connectivity index (χ2n) is 11.4. The van der Waals surface area contributed by atoms with E-state index in [0.29, 0.717) is 6.42 Å². The minimum absolute atomic E-state index is 0.0429. The molecule has 2 aromatic rings. The zero-order chi connectivity index (χ0) is 28.2. The van der Waals surface area contributed by atoms with E-state index < -0.39 is 41.1 Å². The number of amides is 2. The summed E-state index contributed by atoms with van der Waals surface area (Å²) in [5, 5.41) is 12.8. The number of fused-ring (bicyclic) bond motifs is 11. The minimum Gasteiger partial charge on any atom is -0.480 e.